The molecule has 1 aromatic rings. The number of aromatic nitrogens is 2. The highest BCUT2D eigenvalue weighted by Gasteiger charge is 2.31. The van der Waals surface area contributed by atoms with Crippen molar-refractivity contribution in [3.05, 3.63) is 18.0 Å². The fraction of sp³-hybridized carbons (Fsp3) is 0.778. The lowest BCUT2D eigenvalue weighted by molar-refractivity contribution is -0.138. The molecule has 128 valence electrons. The van der Waals surface area contributed by atoms with Crippen molar-refractivity contribution < 1.29 is 4.79 Å². The molecule has 5 nitrogen and oxygen atoms in total. The van der Waals surface area contributed by atoms with Crippen molar-refractivity contribution in [2.75, 3.05) is 19.6 Å². The first-order valence-electron chi connectivity index (χ1n) is 9.06. The van der Waals surface area contributed by atoms with Crippen LogP contribution in [0.2, 0.25) is 0 Å². The predicted octanol–water partition coefficient (Wildman–Crippen LogP) is 2.39. The Morgan fingerprint density at radius 3 is 2.39 bits per heavy atom. The summed E-state index contributed by atoms with van der Waals surface area (Å²) >= 11 is 0. The molecule has 0 N–H and O–H groups in total. The van der Waals surface area contributed by atoms with Gasteiger partial charge in [-0.25, -0.2) is 0 Å². The summed E-state index contributed by atoms with van der Waals surface area (Å²) < 4.78 is 1.88. The number of hydrogen-bond acceptors (Lipinski definition) is 3. The maximum atomic E-state index is 12.7. The maximum Gasteiger partial charge on any atom is 0.237 e. The normalized spacial score (nSPS) is 27.3. The van der Waals surface area contributed by atoms with Crippen LogP contribution in [0.5, 0.6) is 0 Å². The van der Waals surface area contributed by atoms with E-state index >= 15 is 0 Å². The van der Waals surface area contributed by atoms with Crippen molar-refractivity contribution in [1.82, 2.24) is 19.6 Å². The fourth-order valence-electron chi connectivity index (χ4n) is 4.26. The van der Waals surface area contributed by atoms with Crippen LogP contribution in [0.15, 0.2) is 12.4 Å². The van der Waals surface area contributed by atoms with Crippen LogP contribution in [0.25, 0.3) is 0 Å². The van der Waals surface area contributed by atoms with E-state index in [1.807, 2.05) is 17.9 Å². The van der Waals surface area contributed by atoms with Gasteiger partial charge in [0.05, 0.1) is 12.7 Å². The summed E-state index contributed by atoms with van der Waals surface area (Å²) in [5.41, 5.74) is 1.34. The van der Waals surface area contributed by atoms with E-state index in [-0.39, 0.29) is 0 Å². The first-order valence-corrected chi connectivity index (χ1v) is 9.06. The van der Waals surface area contributed by atoms with Crippen molar-refractivity contribution in [2.24, 2.45) is 7.05 Å². The zero-order chi connectivity index (χ0) is 16.4. The van der Waals surface area contributed by atoms with Crippen LogP contribution in [-0.4, -0.2) is 57.2 Å². The first kappa shape index (κ1) is 16.5. The van der Waals surface area contributed by atoms with Gasteiger partial charge in [-0.15, -0.1) is 0 Å². The summed E-state index contributed by atoms with van der Waals surface area (Å²) in [6.45, 7) is 7.02. The van der Waals surface area contributed by atoms with Gasteiger partial charge in [-0.3, -0.25) is 14.4 Å². The molecule has 0 bridgehead atoms. The zero-order valence-electron chi connectivity index (χ0n) is 14.7. The Morgan fingerprint density at radius 1 is 1.17 bits per heavy atom. The number of aryl methyl sites for hydroxylation is 1. The van der Waals surface area contributed by atoms with Crippen molar-refractivity contribution >= 4 is 5.91 Å². The largest absolute Gasteiger partial charge is 0.336 e. The highest BCUT2D eigenvalue weighted by molar-refractivity contribution is 5.79. The Balaban J connectivity index is 1.51. The van der Waals surface area contributed by atoms with E-state index in [4.69, 9.17) is 0 Å². The molecule has 2 saturated heterocycles. The van der Waals surface area contributed by atoms with E-state index in [9.17, 15) is 4.79 Å². The van der Waals surface area contributed by atoms with Crippen LogP contribution in [0.1, 0.15) is 57.4 Å². The number of amides is 1. The number of rotatable bonds is 3. The third-order valence-corrected chi connectivity index (χ3v) is 5.62. The average Bonchev–Trinajstić information content (AvgIpc) is 2.94. The summed E-state index contributed by atoms with van der Waals surface area (Å²) in [5.74, 6) is 0.924. The third kappa shape index (κ3) is 3.77. The van der Waals surface area contributed by atoms with Crippen LogP contribution in [0, 0.1) is 0 Å². The molecule has 0 spiro atoms. The number of hydrogen-bond donors (Lipinski definition) is 0. The monoisotopic (exact) mass is 318 g/mol. The Labute approximate surface area is 139 Å². The van der Waals surface area contributed by atoms with Gasteiger partial charge in [0.25, 0.3) is 0 Å². The number of likely N-dealkylation sites (tertiary alicyclic amines) is 2. The molecule has 3 rings (SSSR count). The van der Waals surface area contributed by atoms with Gasteiger partial charge >= 0.3 is 0 Å². The van der Waals surface area contributed by atoms with Crippen molar-refractivity contribution in [2.45, 2.75) is 64.0 Å². The number of piperidine rings is 2. The summed E-state index contributed by atoms with van der Waals surface area (Å²) in [5, 5.41) is 4.28. The molecular formula is C18H30N4O. The van der Waals surface area contributed by atoms with Crippen molar-refractivity contribution in [1.29, 1.82) is 0 Å². The van der Waals surface area contributed by atoms with Crippen LogP contribution in [0.4, 0.5) is 0 Å². The van der Waals surface area contributed by atoms with E-state index < -0.39 is 0 Å². The molecule has 1 aromatic heterocycles. The lowest BCUT2D eigenvalue weighted by atomic mass is 9.91. The first-order chi connectivity index (χ1) is 11.0. The summed E-state index contributed by atoms with van der Waals surface area (Å²) in [6.07, 6.45) is 9.93. The Kier molecular flexibility index (Phi) is 5.05. The van der Waals surface area contributed by atoms with Gasteiger partial charge in [0.2, 0.25) is 5.91 Å². The van der Waals surface area contributed by atoms with Crippen LogP contribution < -0.4 is 0 Å². The lowest BCUT2D eigenvalue weighted by Crippen LogP contribution is -2.51. The molecule has 2 aliphatic heterocycles. The number of nitrogens with zero attached hydrogens (tertiary/aromatic N) is 4. The van der Waals surface area contributed by atoms with Gasteiger partial charge in [-0.2, -0.15) is 5.10 Å². The Bertz CT molecular complexity index is 523. The predicted molar refractivity (Wildman–Crippen MR) is 91.2 cm³/mol. The minimum absolute atomic E-state index is 0.324. The maximum absolute atomic E-state index is 12.7. The van der Waals surface area contributed by atoms with Crippen LogP contribution in [-0.2, 0) is 11.8 Å². The van der Waals surface area contributed by atoms with Gasteiger partial charge in [0, 0.05) is 25.3 Å². The smallest absolute Gasteiger partial charge is 0.237 e. The van der Waals surface area contributed by atoms with Gasteiger partial charge < -0.3 is 4.90 Å². The molecule has 0 aliphatic carbocycles. The van der Waals surface area contributed by atoms with Gasteiger partial charge in [0.15, 0.2) is 0 Å². The minimum atomic E-state index is 0.324. The molecule has 0 unspecified atom stereocenters. The molecule has 2 fully saturated rings. The topological polar surface area (TPSA) is 41.4 Å². The van der Waals surface area contributed by atoms with Gasteiger partial charge in [-0.1, -0.05) is 0 Å². The molecular weight excluding hydrogens is 288 g/mol. The van der Waals surface area contributed by atoms with Crippen molar-refractivity contribution in [3.8, 4) is 0 Å². The molecule has 2 aliphatic rings. The summed E-state index contributed by atoms with van der Waals surface area (Å²) in [6, 6.07) is 0.804. The van der Waals surface area contributed by atoms with Gasteiger partial charge in [0.1, 0.15) is 0 Å². The van der Waals surface area contributed by atoms with Crippen LogP contribution in [0.3, 0.4) is 0 Å². The second-order valence-electron chi connectivity index (χ2n) is 7.43. The molecule has 5 heteroatoms. The average molecular weight is 318 g/mol. The molecule has 0 radical (unpaired) electrons. The SMILES string of the molecule is C[C@H]1CCC[C@H](C)N1C(=O)CN1CCC(c2cnn(C)c2)CC1. The highest BCUT2D eigenvalue weighted by atomic mass is 16.2. The van der Waals surface area contributed by atoms with Gasteiger partial charge in [-0.05, 0) is 70.5 Å². The van der Waals surface area contributed by atoms with Crippen molar-refractivity contribution in [3.63, 3.8) is 0 Å². The van der Waals surface area contributed by atoms with E-state index in [0.717, 1.165) is 38.8 Å². The zero-order valence-corrected chi connectivity index (χ0v) is 14.7. The second-order valence-corrected chi connectivity index (χ2v) is 7.43. The summed E-state index contributed by atoms with van der Waals surface area (Å²) in [4.78, 5) is 17.2. The number of carbonyl (C=O) groups is 1. The second kappa shape index (κ2) is 7.04. The molecule has 3 heterocycles. The molecule has 23 heavy (non-hydrogen) atoms. The lowest BCUT2D eigenvalue weighted by Gasteiger charge is -2.41. The van der Waals surface area contributed by atoms with E-state index in [0.29, 0.717) is 30.5 Å². The standard InChI is InChI=1S/C18H30N4O/c1-14-5-4-6-15(2)22(14)18(23)13-21-9-7-16(8-10-21)17-11-19-20(3)12-17/h11-12,14-16H,4-10,13H2,1-3H3/t14-,15-/m0/s1. The van der Waals surface area contributed by atoms with E-state index in [1.165, 1.54) is 12.0 Å². The van der Waals surface area contributed by atoms with E-state index in [1.54, 1.807) is 0 Å². The Hall–Kier alpha value is -1.36. The quantitative estimate of drug-likeness (QED) is 0.859. The highest BCUT2D eigenvalue weighted by Crippen LogP contribution is 2.28. The molecule has 1 amide bonds. The summed E-state index contributed by atoms with van der Waals surface area (Å²) in [7, 11) is 1.97. The molecule has 2 atom stereocenters. The third-order valence-electron chi connectivity index (χ3n) is 5.62. The fourth-order valence-corrected chi connectivity index (χ4v) is 4.26. The van der Waals surface area contributed by atoms with Crippen LogP contribution >= 0.6 is 0 Å². The Morgan fingerprint density at radius 2 is 1.83 bits per heavy atom. The molecule has 0 saturated carbocycles. The van der Waals surface area contributed by atoms with E-state index in [2.05, 4.69) is 34.9 Å². The molecule has 0 aromatic carbocycles. The number of carbonyl (C=O) groups excluding carboxylic acids is 1. The minimum Gasteiger partial charge on any atom is -0.336 e.